The van der Waals surface area contributed by atoms with Crippen molar-refractivity contribution in [2.75, 3.05) is 13.7 Å². The van der Waals surface area contributed by atoms with E-state index in [2.05, 4.69) is 10.9 Å². The highest BCUT2D eigenvalue weighted by Crippen LogP contribution is 2.25. The highest BCUT2D eigenvalue weighted by atomic mass is 16.5. The zero-order valence-corrected chi connectivity index (χ0v) is 12.2. The van der Waals surface area contributed by atoms with Crippen LogP contribution >= 0.6 is 0 Å². The lowest BCUT2D eigenvalue weighted by atomic mass is 10.1. The Labute approximate surface area is 129 Å². The van der Waals surface area contributed by atoms with Crippen molar-refractivity contribution < 1.29 is 14.3 Å². The molecule has 0 aliphatic carbocycles. The average molecular weight is 293 g/mol. The molecule has 1 aromatic heterocycles. The number of terminal acetylenes is 1. The van der Waals surface area contributed by atoms with Crippen LogP contribution in [0.3, 0.4) is 0 Å². The number of methoxy groups -OCH3 is 1. The summed E-state index contributed by atoms with van der Waals surface area (Å²) in [4.78, 5) is 16.3. The molecule has 0 saturated heterocycles. The maximum atomic E-state index is 12.3. The quantitative estimate of drug-likeness (QED) is 0.467. The van der Waals surface area contributed by atoms with Crippen molar-refractivity contribution in [2.24, 2.45) is 0 Å². The van der Waals surface area contributed by atoms with E-state index in [0.29, 0.717) is 17.1 Å². The lowest BCUT2D eigenvalue weighted by Crippen LogP contribution is -2.01. The fourth-order valence-electron chi connectivity index (χ4n) is 1.83. The van der Waals surface area contributed by atoms with Gasteiger partial charge in [0.25, 0.3) is 0 Å². The molecule has 1 aromatic carbocycles. The lowest BCUT2D eigenvalue weighted by Gasteiger charge is -2.08. The predicted molar refractivity (Wildman–Crippen MR) is 84.9 cm³/mol. The molecule has 1 heterocycles. The molecule has 4 nitrogen and oxygen atoms in total. The summed E-state index contributed by atoms with van der Waals surface area (Å²) in [5.74, 6) is 3.22. The van der Waals surface area contributed by atoms with Gasteiger partial charge in [-0.05, 0) is 35.9 Å². The number of allylic oxidation sites excluding steroid dienone is 1. The number of carbonyl (C=O) groups is 1. The Balaban J connectivity index is 2.19. The Hall–Kier alpha value is -3.06. The van der Waals surface area contributed by atoms with Crippen molar-refractivity contribution in [1.82, 2.24) is 4.98 Å². The van der Waals surface area contributed by atoms with E-state index in [1.165, 1.54) is 13.2 Å². The van der Waals surface area contributed by atoms with Crippen LogP contribution in [-0.4, -0.2) is 24.5 Å². The van der Waals surface area contributed by atoms with Crippen LogP contribution in [0.5, 0.6) is 11.5 Å². The zero-order chi connectivity index (χ0) is 15.8. The van der Waals surface area contributed by atoms with Gasteiger partial charge in [0.15, 0.2) is 5.78 Å². The van der Waals surface area contributed by atoms with Gasteiger partial charge >= 0.3 is 0 Å². The van der Waals surface area contributed by atoms with E-state index >= 15 is 0 Å². The molecule has 4 heteroatoms. The van der Waals surface area contributed by atoms with Crippen molar-refractivity contribution in [3.63, 3.8) is 0 Å². The van der Waals surface area contributed by atoms with Crippen LogP contribution in [0.4, 0.5) is 0 Å². The van der Waals surface area contributed by atoms with E-state index in [1.807, 2.05) is 12.1 Å². The standard InChI is InChI=1S/C18H15NO3/c1-3-11-22-15-7-8-16(18(12-15)21-2)17(20)9-6-14-5-4-10-19-13-14/h1,4-10,12-13H,11H2,2H3/b9-6+. The van der Waals surface area contributed by atoms with E-state index < -0.39 is 0 Å². The summed E-state index contributed by atoms with van der Waals surface area (Å²) < 4.78 is 10.5. The highest BCUT2D eigenvalue weighted by Gasteiger charge is 2.11. The topological polar surface area (TPSA) is 48.4 Å². The Morgan fingerprint density at radius 1 is 1.41 bits per heavy atom. The molecule has 0 aliphatic rings. The number of ether oxygens (including phenoxy) is 2. The highest BCUT2D eigenvalue weighted by molar-refractivity contribution is 6.08. The molecule has 0 atom stereocenters. The summed E-state index contributed by atoms with van der Waals surface area (Å²) in [6, 6.07) is 8.65. The number of hydrogen-bond donors (Lipinski definition) is 0. The second-order valence-electron chi connectivity index (χ2n) is 4.34. The van der Waals surface area contributed by atoms with Gasteiger partial charge in [-0.3, -0.25) is 9.78 Å². The van der Waals surface area contributed by atoms with Gasteiger partial charge in [-0.2, -0.15) is 0 Å². The van der Waals surface area contributed by atoms with Gasteiger partial charge in [0, 0.05) is 18.5 Å². The number of ketones is 1. The number of nitrogens with zero attached hydrogens (tertiary/aromatic N) is 1. The van der Waals surface area contributed by atoms with Crippen LogP contribution in [0.1, 0.15) is 15.9 Å². The zero-order valence-electron chi connectivity index (χ0n) is 12.2. The second kappa shape index (κ2) is 7.65. The minimum absolute atomic E-state index is 0.163. The van der Waals surface area contributed by atoms with Crippen molar-refractivity contribution in [3.05, 3.63) is 59.9 Å². The number of hydrogen-bond acceptors (Lipinski definition) is 4. The second-order valence-corrected chi connectivity index (χ2v) is 4.34. The molecule has 0 radical (unpaired) electrons. The van der Waals surface area contributed by atoms with Gasteiger partial charge < -0.3 is 9.47 Å². The molecule has 0 aliphatic heterocycles. The first-order valence-electron chi connectivity index (χ1n) is 6.61. The van der Waals surface area contributed by atoms with E-state index in [4.69, 9.17) is 15.9 Å². The van der Waals surface area contributed by atoms with Crippen LogP contribution in [0.15, 0.2) is 48.8 Å². The Morgan fingerprint density at radius 2 is 2.27 bits per heavy atom. The maximum Gasteiger partial charge on any atom is 0.189 e. The van der Waals surface area contributed by atoms with Gasteiger partial charge in [0.1, 0.15) is 18.1 Å². The Kier molecular flexibility index (Phi) is 5.33. The third kappa shape index (κ3) is 3.97. The van der Waals surface area contributed by atoms with Gasteiger partial charge in [-0.1, -0.05) is 12.0 Å². The summed E-state index contributed by atoms with van der Waals surface area (Å²) in [7, 11) is 1.50. The van der Waals surface area contributed by atoms with E-state index in [-0.39, 0.29) is 12.4 Å². The first-order valence-corrected chi connectivity index (χ1v) is 6.61. The molecule has 2 aromatic rings. The Morgan fingerprint density at radius 3 is 2.95 bits per heavy atom. The smallest absolute Gasteiger partial charge is 0.189 e. The molecule has 0 bridgehead atoms. The van der Waals surface area contributed by atoms with Gasteiger partial charge in [-0.25, -0.2) is 0 Å². The molecular weight excluding hydrogens is 278 g/mol. The van der Waals surface area contributed by atoms with E-state index in [0.717, 1.165) is 5.56 Å². The number of pyridine rings is 1. The summed E-state index contributed by atoms with van der Waals surface area (Å²) in [6.45, 7) is 0.164. The van der Waals surface area contributed by atoms with Crippen LogP contribution in [0, 0.1) is 12.3 Å². The first kappa shape index (κ1) is 15.3. The lowest BCUT2D eigenvalue weighted by molar-refractivity contribution is 0.104. The molecule has 22 heavy (non-hydrogen) atoms. The first-order chi connectivity index (χ1) is 10.7. The molecule has 0 amide bonds. The van der Waals surface area contributed by atoms with Crippen LogP contribution in [0.2, 0.25) is 0 Å². The summed E-state index contributed by atoms with van der Waals surface area (Å²) in [6.07, 6.45) is 11.7. The normalized spacial score (nSPS) is 10.2. The minimum Gasteiger partial charge on any atom is -0.496 e. The van der Waals surface area contributed by atoms with Crippen molar-refractivity contribution >= 4 is 11.9 Å². The van der Waals surface area contributed by atoms with Gasteiger partial charge in [0.2, 0.25) is 0 Å². The van der Waals surface area contributed by atoms with Crippen LogP contribution < -0.4 is 9.47 Å². The van der Waals surface area contributed by atoms with E-state index in [9.17, 15) is 4.79 Å². The van der Waals surface area contributed by atoms with Crippen LogP contribution in [0.25, 0.3) is 6.08 Å². The fraction of sp³-hybridized carbons (Fsp3) is 0.111. The third-order valence-corrected chi connectivity index (χ3v) is 2.87. The molecule has 0 unspecified atom stereocenters. The average Bonchev–Trinajstić information content (AvgIpc) is 2.58. The summed E-state index contributed by atoms with van der Waals surface area (Å²) in [5.41, 5.74) is 1.31. The molecule has 110 valence electrons. The number of rotatable bonds is 6. The number of carbonyl (C=O) groups excluding carboxylic acids is 1. The van der Waals surface area contributed by atoms with Crippen molar-refractivity contribution in [2.45, 2.75) is 0 Å². The van der Waals surface area contributed by atoms with Crippen LogP contribution in [-0.2, 0) is 0 Å². The molecule has 0 fully saturated rings. The van der Waals surface area contributed by atoms with Crippen molar-refractivity contribution in [3.8, 4) is 23.8 Å². The minimum atomic E-state index is -0.163. The molecular formula is C18H15NO3. The summed E-state index contributed by atoms with van der Waals surface area (Å²) >= 11 is 0. The van der Waals surface area contributed by atoms with Crippen molar-refractivity contribution in [1.29, 1.82) is 0 Å². The SMILES string of the molecule is C#CCOc1ccc(C(=O)/C=C/c2cccnc2)c(OC)c1. The third-order valence-electron chi connectivity index (χ3n) is 2.87. The largest absolute Gasteiger partial charge is 0.496 e. The molecule has 0 spiro atoms. The van der Waals surface area contributed by atoms with E-state index in [1.54, 1.807) is 36.7 Å². The Bertz CT molecular complexity index is 715. The molecule has 0 saturated carbocycles. The maximum absolute atomic E-state index is 12.3. The van der Waals surface area contributed by atoms with Gasteiger partial charge in [-0.15, -0.1) is 6.42 Å². The molecule has 0 N–H and O–H groups in total. The number of benzene rings is 1. The number of aromatic nitrogens is 1. The summed E-state index contributed by atoms with van der Waals surface area (Å²) in [5, 5.41) is 0. The molecule has 2 rings (SSSR count). The fourth-order valence-corrected chi connectivity index (χ4v) is 1.83. The predicted octanol–water partition coefficient (Wildman–Crippen LogP) is 3.00. The monoisotopic (exact) mass is 293 g/mol. The van der Waals surface area contributed by atoms with Gasteiger partial charge in [0.05, 0.1) is 12.7 Å².